The van der Waals surface area contributed by atoms with E-state index in [4.69, 9.17) is 0 Å². The Bertz CT molecular complexity index is 268. The summed E-state index contributed by atoms with van der Waals surface area (Å²) in [5.41, 5.74) is 1.20. The molecule has 0 spiro atoms. The molecule has 0 radical (unpaired) electrons. The van der Waals surface area contributed by atoms with Gasteiger partial charge in [0.1, 0.15) is 0 Å². The van der Waals surface area contributed by atoms with E-state index in [1.165, 1.54) is 13.8 Å². The Morgan fingerprint density at radius 3 is 3.10 bits per heavy atom. The molecule has 0 unspecified atom stereocenters. The first-order valence-corrected chi connectivity index (χ1v) is 6.02. The topological polar surface area (TPSA) is 12.4 Å². The second-order valence-corrected chi connectivity index (χ2v) is 5.12. The van der Waals surface area contributed by atoms with Gasteiger partial charge in [-0.05, 0) is 0 Å². The van der Waals surface area contributed by atoms with Crippen LogP contribution in [0, 0.1) is 0 Å². The van der Waals surface area contributed by atoms with Crippen molar-refractivity contribution >= 4 is 36.4 Å². The van der Waals surface area contributed by atoms with Crippen molar-refractivity contribution in [2.24, 2.45) is 4.99 Å². The van der Waals surface area contributed by atoms with Gasteiger partial charge in [-0.1, -0.05) is 0 Å². The Morgan fingerprint density at radius 2 is 2.20 bits per heavy atom. The van der Waals surface area contributed by atoms with Crippen LogP contribution < -0.4 is 3.61 Å². The van der Waals surface area contributed by atoms with Crippen LogP contribution in [0.4, 0.5) is 5.69 Å². The van der Waals surface area contributed by atoms with Gasteiger partial charge in [0.2, 0.25) is 0 Å². The number of benzene rings is 1. The maximum atomic E-state index is 4.30. The van der Waals surface area contributed by atoms with E-state index in [0.717, 1.165) is 0 Å². The van der Waals surface area contributed by atoms with Gasteiger partial charge in [0.05, 0.1) is 0 Å². The molecule has 0 N–H and O–H groups in total. The first kappa shape index (κ1) is 6.39. The molecule has 0 aliphatic carbocycles. The van der Waals surface area contributed by atoms with Gasteiger partial charge in [0, 0.05) is 0 Å². The minimum absolute atomic E-state index is 0.0808. The van der Waals surface area contributed by atoms with Gasteiger partial charge in [0.25, 0.3) is 0 Å². The second-order valence-electron chi connectivity index (χ2n) is 2.09. The number of nitrogens with zero attached hydrogens (tertiary/aromatic N) is 1. The van der Waals surface area contributed by atoms with Crippen molar-refractivity contribution < 1.29 is 0 Å². The van der Waals surface area contributed by atoms with Crippen LogP contribution in [-0.2, 0) is 0 Å². The van der Waals surface area contributed by atoms with Crippen LogP contribution >= 0.6 is 0 Å². The third-order valence-corrected chi connectivity index (χ3v) is 4.18. The summed E-state index contributed by atoms with van der Waals surface area (Å²) in [6, 6.07) is 8.45. The molecular weight excluding hydrogens is 238 g/mol. The Hall–Kier alpha value is -0.320. The van der Waals surface area contributed by atoms with Crippen LogP contribution in [0.2, 0.25) is 4.47 Å². The van der Waals surface area contributed by atoms with Crippen molar-refractivity contribution in [3.63, 3.8) is 0 Å². The van der Waals surface area contributed by atoms with Crippen LogP contribution in [0.3, 0.4) is 0 Å². The number of aliphatic imine (C=N–C) groups is 1. The van der Waals surface area contributed by atoms with Crippen molar-refractivity contribution in [2.75, 3.05) is 0 Å². The number of rotatable bonds is 0. The third-order valence-electron chi connectivity index (χ3n) is 1.41. The summed E-state index contributed by atoms with van der Waals surface area (Å²) in [5.74, 6) is 0. The molecule has 1 heterocycles. The quantitative estimate of drug-likeness (QED) is 0.608. The van der Waals surface area contributed by atoms with E-state index in [-0.39, 0.29) is 20.9 Å². The average Bonchev–Trinajstić information content (AvgIpc) is 2.05. The van der Waals surface area contributed by atoms with Crippen molar-refractivity contribution in [3.8, 4) is 0 Å². The van der Waals surface area contributed by atoms with Crippen LogP contribution in [-0.4, -0.2) is 27.1 Å². The zero-order valence-corrected chi connectivity index (χ0v) is 7.78. The van der Waals surface area contributed by atoms with E-state index in [0.29, 0.717) is 0 Å². The number of hydrogen-bond acceptors (Lipinski definition) is 1. The number of hydrogen-bond donors (Lipinski definition) is 0. The summed E-state index contributed by atoms with van der Waals surface area (Å²) in [6.07, 6.45) is 2.05. The van der Waals surface area contributed by atoms with Gasteiger partial charge in [-0.3, -0.25) is 0 Å². The van der Waals surface area contributed by atoms with E-state index < -0.39 is 0 Å². The summed E-state index contributed by atoms with van der Waals surface area (Å²) in [5, 5.41) is 0. The Morgan fingerprint density at radius 1 is 1.30 bits per heavy atom. The molecule has 0 saturated carbocycles. The molecule has 0 amide bonds. The van der Waals surface area contributed by atoms with Gasteiger partial charge < -0.3 is 0 Å². The molecule has 0 fully saturated rings. The van der Waals surface area contributed by atoms with E-state index in [2.05, 4.69) is 29.3 Å². The second kappa shape index (κ2) is 2.74. The van der Waals surface area contributed by atoms with Crippen molar-refractivity contribution in [3.05, 3.63) is 24.3 Å². The number of para-hydroxylation sites is 1. The summed E-state index contributed by atoms with van der Waals surface area (Å²) in [7, 11) is 0. The average molecular weight is 245 g/mol. The predicted molar refractivity (Wildman–Crippen MR) is 44.8 cm³/mol. The predicted octanol–water partition coefficient (Wildman–Crippen LogP) is 1.15. The zero-order chi connectivity index (χ0) is 6.81. The summed E-state index contributed by atoms with van der Waals surface area (Å²) in [6.45, 7) is 0. The fourth-order valence-corrected chi connectivity index (χ4v) is 3.15. The summed E-state index contributed by atoms with van der Waals surface area (Å²) < 4.78 is 2.73. The van der Waals surface area contributed by atoms with Gasteiger partial charge in [-0.25, -0.2) is 0 Å². The third kappa shape index (κ3) is 1.10. The van der Waals surface area contributed by atoms with Crippen molar-refractivity contribution in [2.45, 2.75) is 4.47 Å². The van der Waals surface area contributed by atoms with Gasteiger partial charge >= 0.3 is 70.2 Å². The number of fused-ring (bicyclic) bond motifs is 1. The van der Waals surface area contributed by atoms with Gasteiger partial charge in [0.15, 0.2) is 0 Å². The first-order valence-electron chi connectivity index (χ1n) is 3.21. The summed E-state index contributed by atoms with van der Waals surface area (Å²) >= 11 is 0.0808. The molecule has 1 aliphatic rings. The monoisotopic (exact) mass is 247 g/mol. The maximum absolute atomic E-state index is 4.30. The minimum atomic E-state index is 0.0808. The Labute approximate surface area is 70.3 Å². The molecule has 2 rings (SSSR count). The molecule has 1 aromatic rings. The van der Waals surface area contributed by atoms with Gasteiger partial charge in [-0.15, -0.1) is 0 Å². The molecule has 1 aliphatic heterocycles. The van der Waals surface area contributed by atoms with Crippen LogP contribution in [0.1, 0.15) is 0 Å². The Balaban J connectivity index is 2.54. The Kier molecular flexibility index (Phi) is 1.75. The van der Waals surface area contributed by atoms with E-state index in [1.54, 1.807) is 0 Å². The molecule has 0 atom stereocenters. The summed E-state index contributed by atoms with van der Waals surface area (Å²) in [4.78, 5) is 4.30. The molecule has 0 saturated heterocycles. The molecule has 1 aromatic carbocycles. The van der Waals surface area contributed by atoms with Crippen LogP contribution in [0.25, 0.3) is 0 Å². The zero-order valence-electron chi connectivity index (χ0n) is 5.45. The van der Waals surface area contributed by atoms with Crippen LogP contribution in [0.5, 0.6) is 0 Å². The molecule has 0 aromatic heterocycles. The van der Waals surface area contributed by atoms with Crippen molar-refractivity contribution in [1.82, 2.24) is 0 Å². The SMILES string of the molecule is C1=Nc2ccccc2[Te]C1. The van der Waals surface area contributed by atoms with Gasteiger partial charge in [-0.2, -0.15) is 0 Å². The first-order chi connectivity index (χ1) is 4.97. The van der Waals surface area contributed by atoms with E-state index in [9.17, 15) is 0 Å². The molecule has 50 valence electrons. The molecule has 2 heteroatoms. The fourth-order valence-electron chi connectivity index (χ4n) is 0.949. The van der Waals surface area contributed by atoms with Crippen LogP contribution in [0.15, 0.2) is 29.3 Å². The molecule has 0 bridgehead atoms. The molecular formula is C8H7NTe. The molecule has 10 heavy (non-hydrogen) atoms. The standard InChI is InChI=1S/C8H7NTe/c1-2-4-8-7(3-1)9-5-6-10-8/h1-5H,6H2. The normalized spacial score (nSPS) is 14.8. The fraction of sp³-hybridized carbons (Fsp3) is 0.125. The molecule has 1 nitrogen and oxygen atoms in total. The van der Waals surface area contributed by atoms with E-state index >= 15 is 0 Å². The van der Waals surface area contributed by atoms with E-state index in [1.807, 2.05) is 6.21 Å². The van der Waals surface area contributed by atoms with Crippen molar-refractivity contribution in [1.29, 1.82) is 0 Å².